The Bertz CT molecular complexity index is 836. The average molecular weight is 411 g/mol. The van der Waals surface area contributed by atoms with Gasteiger partial charge in [-0.25, -0.2) is 4.79 Å². The predicted octanol–water partition coefficient (Wildman–Crippen LogP) is 4.45. The fourth-order valence-electron chi connectivity index (χ4n) is 3.22. The van der Waals surface area contributed by atoms with E-state index in [0.29, 0.717) is 45.9 Å². The average Bonchev–Trinajstić information content (AvgIpc) is 2.78. The van der Waals surface area contributed by atoms with Crippen molar-refractivity contribution in [1.29, 1.82) is 0 Å². The van der Waals surface area contributed by atoms with Gasteiger partial charge in [0.15, 0.2) is 0 Å². The largest absolute Gasteiger partial charge is 0.491 e. The molecule has 1 heterocycles. The van der Waals surface area contributed by atoms with Crippen molar-refractivity contribution < 1.29 is 24.1 Å². The topological polar surface area (TPSA) is 68.2 Å². The van der Waals surface area contributed by atoms with Crippen molar-refractivity contribution >= 4 is 11.7 Å². The number of nitrogens with zero attached hydrogens (tertiary/aromatic N) is 1. The molecule has 0 spiro atoms. The van der Waals surface area contributed by atoms with Crippen molar-refractivity contribution in [3.8, 4) is 5.75 Å². The summed E-state index contributed by atoms with van der Waals surface area (Å²) >= 11 is 0. The molecule has 1 atom stereocenters. The zero-order valence-electron chi connectivity index (χ0n) is 17.3. The van der Waals surface area contributed by atoms with Gasteiger partial charge in [-0.15, -0.1) is 0 Å². The number of rotatable bonds is 10. The molecule has 3 rings (SSSR count). The van der Waals surface area contributed by atoms with Crippen LogP contribution in [0.25, 0.3) is 5.57 Å². The van der Waals surface area contributed by atoms with Gasteiger partial charge in [0, 0.05) is 13.1 Å². The normalized spacial score (nSPS) is 14.8. The Balaban J connectivity index is 1.37. The minimum absolute atomic E-state index is 0.0491. The second kappa shape index (κ2) is 11.4. The molecule has 1 aliphatic rings. The maximum Gasteiger partial charge on any atom is 0.407 e. The number of hydrogen-bond donors (Lipinski definition) is 1. The van der Waals surface area contributed by atoms with Gasteiger partial charge in [-0.2, -0.15) is 0 Å². The molecule has 2 aromatic carbocycles. The van der Waals surface area contributed by atoms with Gasteiger partial charge in [0.05, 0.1) is 25.9 Å². The van der Waals surface area contributed by atoms with Gasteiger partial charge in [0.2, 0.25) is 0 Å². The molecule has 6 nitrogen and oxygen atoms in total. The zero-order valence-corrected chi connectivity index (χ0v) is 17.3. The lowest BCUT2D eigenvalue weighted by Crippen LogP contribution is -2.33. The monoisotopic (exact) mass is 411 g/mol. The lowest BCUT2D eigenvalue weighted by atomic mass is 9.99. The van der Waals surface area contributed by atoms with E-state index >= 15 is 0 Å². The van der Waals surface area contributed by atoms with Crippen molar-refractivity contribution in [2.75, 3.05) is 32.9 Å². The number of ether oxygens (including phenoxy) is 3. The van der Waals surface area contributed by atoms with E-state index in [4.69, 9.17) is 19.3 Å². The van der Waals surface area contributed by atoms with Crippen LogP contribution in [0.2, 0.25) is 0 Å². The highest BCUT2D eigenvalue weighted by atomic mass is 16.5. The maximum atomic E-state index is 11.0. The van der Waals surface area contributed by atoms with Crippen LogP contribution in [0.3, 0.4) is 0 Å². The second-order valence-corrected chi connectivity index (χ2v) is 7.27. The maximum absolute atomic E-state index is 11.0. The molecule has 0 saturated heterocycles. The molecule has 2 aromatic rings. The Morgan fingerprint density at radius 3 is 2.70 bits per heavy atom. The summed E-state index contributed by atoms with van der Waals surface area (Å²) in [4.78, 5) is 12.4. The third-order valence-corrected chi connectivity index (χ3v) is 4.91. The Labute approximate surface area is 177 Å². The standard InChI is InChI=1S/C24H29NO5/c1-19(29-15-14-28-18-20-6-3-2-4-7-20)17-30-23-9-5-8-22(16-23)21-10-12-25(13-11-21)24(26)27/h2-10,16,19H,11-15,17-18H2,1H3,(H,26,27). The van der Waals surface area contributed by atoms with E-state index in [-0.39, 0.29) is 6.10 Å². The lowest BCUT2D eigenvalue weighted by Gasteiger charge is -2.24. The van der Waals surface area contributed by atoms with Crippen LogP contribution >= 0.6 is 0 Å². The quantitative estimate of drug-likeness (QED) is 0.585. The Morgan fingerprint density at radius 2 is 1.97 bits per heavy atom. The highest BCUT2D eigenvalue weighted by molar-refractivity contribution is 5.71. The molecular weight excluding hydrogens is 382 g/mol. The molecule has 30 heavy (non-hydrogen) atoms. The summed E-state index contributed by atoms with van der Waals surface area (Å²) in [6.45, 7) is 5.01. The summed E-state index contributed by atoms with van der Waals surface area (Å²) in [5.41, 5.74) is 3.37. The van der Waals surface area contributed by atoms with Crippen LogP contribution in [0.15, 0.2) is 60.7 Å². The first kappa shape index (κ1) is 21.9. The summed E-state index contributed by atoms with van der Waals surface area (Å²) in [5.74, 6) is 0.782. The molecule has 0 aromatic heterocycles. The minimum Gasteiger partial charge on any atom is -0.491 e. The molecule has 1 amide bonds. The first-order valence-corrected chi connectivity index (χ1v) is 10.2. The number of hydrogen-bond acceptors (Lipinski definition) is 4. The number of carbonyl (C=O) groups is 1. The summed E-state index contributed by atoms with van der Waals surface area (Å²) in [7, 11) is 0. The third-order valence-electron chi connectivity index (χ3n) is 4.91. The SMILES string of the molecule is CC(COc1cccc(C2=CCN(C(=O)O)CC2)c1)OCCOCc1ccccc1. The molecule has 0 bridgehead atoms. The number of amides is 1. The number of carboxylic acid groups (broad SMARTS) is 1. The van der Waals surface area contributed by atoms with Crippen LogP contribution in [0, 0.1) is 0 Å². The van der Waals surface area contributed by atoms with Gasteiger partial charge in [-0.05, 0) is 42.2 Å². The van der Waals surface area contributed by atoms with E-state index in [9.17, 15) is 4.79 Å². The van der Waals surface area contributed by atoms with E-state index in [0.717, 1.165) is 22.4 Å². The predicted molar refractivity (Wildman–Crippen MR) is 116 cm³/mol. The number of benzene rings is 2. The van der Waals surface area contributed by atoms with E-state index in [1.54, 1.807) is 0 Å². The minimum atomic E-state index is -0.873. The van der Waals surface area contributed by atoms with Gasteiger partial charge in [-0.1, -0.05) is 48.5 Å². The van der Waals surface area contributed by atoms with Crippen molar-refractivity contribution in [2.24, 2.45) is 0 Å². The van der Waals surface area contributed by atoms with Crippen LogP contribution in [0.1, 0.15) is 24.5 Å². The Morgan fingerprint density at radius 1 is 1.13 bits per heavy atom. The molecule has 0 fully saturated rings. The molecule has 6 heteroatoms. The molecule has 1 N–H and O–H groups in total. The van der Waals surface area contributed by atoms with Crippen LogP contribution in [-0.4, -0.2) is 55.1 Å². The van der Waals surface area contributed by atoms with E-state index in [1.165, 1.54) is 4.90 Å². The van der Waals surface area contributed by atoms with Crippen LogP contribution in [-0.2, 0) is 16.1 Å². The van der Waals surface area contributed by atoms with Gasteiger partial charge < -0.3 is 24.2 Å². The summed E-state index contributed by atoms with van der Waals surface area (Å²) in [6.07, 6.45) is 1.75. The van der Waals surface area contributed by atoms with Gasteiger partial charge in [-0.3, -0.25) is 0 Å². The molecule has 0 aliphatic carbocycles. The fourth-order valence-corrected chi connectivity index (χ4v) is 3.22. The van der Waals surface area contributed by atoms with Gasteiger partial charge in [0.25, 0.3) is 0 Å². The highest BCUT2D eigenvalue weighted by Crippen LogP contribution is 2.25. The van der Waals surface area contributed by atoms with Crippen molar-refractivity contribution in [3.63, 3.8) is 0 Å². The zero-order chi connectivity index (χ0) is 21.2. The van der Waals surface area contributed by atoms with E-state index < -0.39 is 6.09 Å². The van der Waals surface area contributed by atoms with Crippen molar-refractivity contribution in [2.45, 2.75) is 26.1 Å². The lowest BCUT2D eigenvalue weighted by molar-refractivity contribution is -0.00948. The summed E-state index contributed by atoms with van der Waals surface area (Å²) in [6, 6.07) is 18.0. The molecule has 160 valence electrons. The summed E-state index contributed by atoms with van der Waals surface area (Å²) in [5, 5.41) is 9.06. The Kier molecular flexibility index (Phi) is 8.30. The highest BCUT2D eigenvalue weighted by Gasteiger charge is 2.17. The molecule has 1 aliphatic heterocycles. The van der Waals surface area contributed by atoms with Crippen molar-refractivity contribution in [3.05, 3.63) is 71.8 Å². The van der Waals surface area contributed by atoms with Crippen LogP contribution in [0.5, 0.6) is 5.75 Å². The first-order chi connectivity index (χ1) is 14.6. The van der Waals surface area contributed by atoms with Gasteiger partial charge in [0.1, 0.15) is 12.4 Å². The summed E-state index contributed by atoms with van der Waals surface area (Å²) < 4.78 is 17.3. The third kappa shape index (κ3) is 6.90. The van der Waals surface area contributed by atoms with Crippen LogP contribution in [0.4, 0.5) is 4.79 Å². The molecule has 0 radical (unpaired) electrons. The molecule has 1 unspecified atom stereocenters. The first-order valence-electron chi connectivity index (χ1n) is 10.2. The van der Waals surface area contributed by atoms with Gasteiger partial charge >= 0.3 is 6.09 Å². The van der Waals surface area contributed by atoms with E-state index in [2.05, 4.69) is 0 Å². The molecular formula is C24H29NO5. The van der Waals surface area contributed by atoms with E-state index in [1.807, 2.05) is 67.6 Å². The van der Waals surface area contributed by atoms with Crippen LogP contribution < -0.4 is 4.74 Å². The second-order valence-electron chi connectivity index (χ2n) is 7.27. The Hall–Kier alpha value is -2.83. The van der Waals surface area contributed by atoms with Crippen molar-refractivity contribution in [1.82, 2.24) is 4.90 Å². The smallest absolute Gasteiger partial charge is 0.407 e. The fraction of sp³-hybridized carbons (Fsp3) is 0.375. The molecule has 0 saturated carbocycles.